The molecule has 0 aliphatic rings. The van der Waals surface area contributed by atoms with Crippen molar-refractivity contribution >= 4 is 26.7 Å². The zero-order valence-corrected chi connectivity index (χ0v) is 11.6. The van der Waals surface area contributed by atoms with Crippen LogP contribution in [0.15, 0.2) is 24.3 Å². The molecule has 1 heterocycles. The average molecular weight is 266 g/mol. The number of thiazole rings is 1. The molecule has 0 N–H and O–H groups in total. The van der Waals surface area contributed by atoms with Crippen molar-refractivity contribution in [3.63, 3.8) is 0 Å². The minimum atomic E-state index is 0.643. The molecule has 0 saturated heterocycles. The number of aromatic nitrogens is 1. The normalized spacial score (nSPS) is 11.0. The molecule has 2 aromatic rings. The molecule has 4 nitrogen and oxygen atoms in total. The third-order valence-corrected chi connectivity index (χ3v) is 3.76. The molecular formula is C13H18N2O2S. The maximum Gasteiger partial charge on any atom is 0.186 e. The van der Waals surface area contributed by atoms with Crippen LogP contribution in [0.1, 0.15) is 0 Å². The van der Waals surface area contributed by atoms with Crippen LogP contribution in [0, 0.1) is 0 Å². The van der Waals surface area contributed by atoms with Gasteiger partial charge in [-0.15, -0.1) is 0 Å². The minimum Gasteiger partial charge on any atom is -0.382 e. The summed E-state index contributed by atoms with van der Waals surface area (Å²) in [6, 6.07) is 8.19. The second kappa shape index (κ2) is 6.68. The highest BCUT2D eigenvalue weighted by Gasteiger charge is 2.07. The Hall–Kier alpha value is -1.17. The molecule has 1 aromatic carbocycles. The fraction of sp³-hybridized carbons (Fsp3) is 0.462. The van der Waals surface area contributed by atoms with E-state index in [1.807, 2.05) is 25.2 Å². The number of hydrogen-bond acceptors (Lipinski definition) is 5. The predicted octanol–water partition coefficient (Wildman–Crippen LogP) is 2.40. The Morgan fingerprint density at radius 3 is 2.83 bits per heavy atom. The number of hydrogen-bond donors (Lipinski definition) is 0. The van der Waals surface area contributed by atoms with Gasteiger partial charge in [-0.2, -0.15) is 0 Å². The Bertz CT molecular complexity index is 454. The summed E-state index contributed by atoms with van der Waals surface area (Å²) >= 11 is 1.71. The average Bonchev–Trinajstić information content (AvgIpc) is 2.82. The standard InChI is InChI=1S/C13H18N2O2S/c1-15(7-8-17-10-9-16-2)13-14-11-5-3-4-6-12(11)18-13/h3-6H,7-10H2,1-2H3. The Morgan fingerprint density at radius 1 is 1.22 bits per heavy atom. The van der Waals surface area contributed by atoms with E-state index in [1.54, 1.807) is 18.4 Å². The van der Waals surface area contributed by atoms with Crippen LogP contribution >= 0.6 is 11.3 Å². The molecule has 0 radical (unpaired) electrons. The molecule has 5 heteroatoms. The Morgan fingerprint density at radius 2 is 2.06 bits per heavy atom. The quantitative estimate of drug-likeness (QED) is 0.721. The summed E-state index contributed by atoms with van der Waals surface area (Å²) in [6.45, 7) is 2.81. The lowest BCUT2D eigenvalue weighted by molar-refractivity contribution is 0.0744. The highest BCUT2D eigenvalue weighted by molar-refractivity contribution is 7.22. The smallest absolute Gasteiger partial charge is 0.186 e. The van der Waals surface area contributed by atoms with Gasteiger partial charge >= 0.3 is 0 Å². The van der Waals surface area contributed by atoms with Gasteiger partial charge in [-0.25, -0.2) is 4.98 Å². The van der Waals surface area contributed by atoms with Crippen LogP contribution < -0.4 is 4.90 Å². The van der Waals surface area contributed by atoms with Gasteiger partial charge in [-0.05, 0) is 12.1 Å². The number of ether oxygens (including phenoxy) is 2. The summed E-state index contributed by atoms with van der Waals surface area (Å²) in [5.41, 5.74) is 1.06. The fourth-order valence-electron chi connectivity index (χ4n) is 1.56. The number of nitrogens with zero attached hydrogens (tertiary/aromatic N) is 2. The molecule has 0 unspecified atom stereocenters. The molecule has 0 fully saturated rings. The summed E-state index contributed by atoms with van der Waals surface area (Å²) in [5.74, 6) is 0. The van der Waals surface area contributed by atoms with E-state index in [9.17, 15) is 0 Å². The summed E-state index contributed by atoms with van der Waals surface area (Å²) in [4.78, 5) is 6.71. The number of anilines is 1. The van der Waals surface area contributed by atoms with Crippen LogP contribution in [0.3, 0.4) is 0 Å². The second-order valence-corrected chi connectivity index (χ2v) is 5.00. The summed E-state index contributed by atoms with van der Waals surface area (Å²) in [7, 11) is 3.72. The van der Waals surface area contributed by atoms with E-state index in [2.05, 4.69) is 16.0 Å². The van der Waals surface area contributed by atoms with E-state index in [1.165, 1.54) is 4.70 Å². The van der Waals surface area contributed by atoms with Gasteiger partial charge in [-0.3, -0.25) is 0 Å². The maximum absolute atomic E-state index is 5.45. The largest absolute Gasteiger partial charge is 0.382 e. The predicted molar refractivity (Wildman–Crippen MR) is 75.6 cm³/mol. The number of methoxy groups -OCH3 is 1. The number of likely N-dealkylation sites (N-methyl/N-ethyl adjacent to an activating group) is 1. The van der Waals surface area contributed by atoms with Gasteiger partial charge in [0.25, 0.3) is 0 Å². The molecule has 0 aliphatic carbocycles. The first-order chi connectivity index (χ1) is 8.81. The van der Waals surface area contributed by atoms with Crippen molar-refractivity contribution in [2.45, 2.75) is 0 Å². The maximum atomic E-state index is 5.45. The van der Waals surface area contributed by atoms with Crippen molar-refractivity contribution in [3.05, 3.63) is 24.3 Å². The molecule has 18 heavy (non-hydrogen) atoms. The van der Waals surface area contributed by atoms with E-state index in [0.29, 0.717) is 19.8 Å². The van der Waals surface area contributed by atoms with Crippen LogP contribution in [0.5, 0.6) is 0 Å². The molecule has 0 atom stereocenters. The van der Waals surface area contributed by atoms with Crippen molar-refractivity contribution in [3.8, 4) is 0 Å². The Balaban J connectivity index is 1.86. The Kier molecular flexibility index (Phi) is 4.92. The number of fused-ring (bicyclic) bond motifs is 1. The van der Waals surface area contributed by atoms with Gasteiger partial charge in [0.1, 0.15) is 0 Å². The van der Waals surface area contributed by atoms with E-state index in [0.717, 1.165) is 17.2 Å². The van der Waals surface area contributed by atoms with Crippen LogP contribution in [-0.2, 0) is 9.47 Å². The van der Waals surface area contributed by atoms with Crippen molar-refractivity contribution in [2.24, 2.45) is 0 Å². The lowest BCUT2D eigenvalue weighted by Gasteiger charge is -2.15. The van der Waals surface area contributed by atoms with E-state index in [-0.39, 0.29) is 0 Å². The lowest BCUT2D eigenvalue weighted by atomic mass is 10.3. The van der Waals surface area contributed by atoms with Gasteiger partial charge in [0.2, 0.25) is 0 Å². The Labute approximate surface area is 111 Å². The van der Waals surface area contributed by atoms with E-state index in [4.69, 9.17) is 9.47 Å². The van der Waals surface area contributed by atoms with E-state index < -0.39 is 0 Å². The number of benzene rings is 1. The van der Waals surface area contributed by atoms with Crippen LogP contribution in [0.2, 0.25) is 0 Å². The molecule has 0 aliphatic heterocycles. The first kappa shape index (κ1) is 13.3. The monoisotopic (exact) mass is 266 g/mol. The third kappa shape index (κ3) is 3.41. The zero-order valence-electron chi connectivity index (χ0n) is 10.8. The van der Waals surface area contributed by atoms with Crippen molar-refractivity contribution < 1.29 is 9.47 Å². The van der Waals surface area contributed by atoms with Crippen molar-refractivity contribution in [1.29, 1.82) is 0 Å². The first-order valence-corrected chi connectivity index (χ1v) is 6.76. The van der Waals surface area contributed by atoms with Gasteiger partial charge in [0.15, 0.2) is 5.13 Å². The fourth-order valence-corrected chi connectivity index (χ4v) is 2.52. The van der Waals surface area contributed by atoms with Gasteiger partial charge < -0.3 is 14.4 Å². The highest BCUT2D eigenvalue weighted by atomic mass is 32.1. The summed E-state index contributed by atoms with van der Waals surface area (Å²) < 4.78 is 11.6. The lowest BCUT2D eigenvalue weighted by Crippen LogP contribution is -2.23. The highest BCUT2D eigenvalue weighted by Crippen LogP contribution is 2.27. The molecule has 0 saturated carbocycles. The van der Waals surface area contributed by atoms with Crippen LogP contribution in [0.4, 0.5) is 5.13 Å². The van der Waals surface area contributed by atoms with Gasteiger partial charge in [0, 0.05) is 20.7 Å². The molecule has 0 amide bonds. The molecule has 0 bridgehead atoms. The molecule has 2 rings (SSSR count). The van der Waals surface area contributed by atoms with Crippen molar-refractivity contribution in [2.75, 3.05) is 45.4 Å². The molecular weight excluding hydrogens is 248 g/mol. The third-order valence-electron chi connectivity index (χ3n) is 2.61. The topological polar surface area (TPSA) is 34.6 Å². The first-order valence-electron chi connectivity index (χ1n) is 5.94. The number of para-hydroxylation sites is 1. The number of rotatable bonds is 7. The van der Waals surface area contributed by atoms with Crippen molar-refractivity contribution in [1.82, 2.24) is 4.98 Å². The van der Waals surface area contributed by atoms with Crippen LogP contribution in [0.25, 0.3) is 10.2 Å². The SMILES string of the molecule is COCCOCCN(C)c1nc2ccccc2s1. The van der Waals surface area contributed by atoms with Gasteiger partial charge in [0.05, 0.1) is 30.0 Å². The molecule has 98 valence electrons. The molecule has 1 aromatic heterocycles. The zero-order chi connectivity index (χ0) is 12.8. The summed E-state index contributed by atoms with van der Waals surface area (Å²) in [6.07, 6.45) is 0. The van der Waals surface area contributed by atoms with Crippen LogP contribution in [-0.4, -0.2) is 45.5 Å². The van der Waals surface area contributed by atoms with E-state index >= 15 is 0 Å². The summed E-state index contributed by atoms with van der Waals surface area (Å²) in [5, 5.41) is 1.03. The molecule has 0 spiro atoms. The minimum absolute atomic E-state index is 0.643. The van der Waals surface area contributed by atoms with Gasteiger partial charge in [-0.1, -0.05) is 23.5 Å². The second-order valence-electron chi connectivity index (χ2n) is 3.99.